The number of benzene rings is 2. The zero-order valence-corrected chi connectivity index (χ0v) is 9.78. The van der Waals surface area contributed by atoms with Gasteiger partial charge in [0, 0.05) is 0 Å². The van der Waals surface area contributed by atoms with E-state index in [1.165, 1.54) is 18.2 Å². The average molecular weight is 267 g/mol. The van der Waals surface area contributed by atoms with Gasteiger partial charge in [-0.05, 0) is 35.9 Å². The molecule has 0 aliphatic heterocycles. The summed E-state index contributed by atoms with van der Waals surface area (Å²) in [5.74, 6) is 0.345. The van der Waals surface area contributed by atoms with E-state index in [2.05, 4.69) is 10.8 Å². The van der Waals surface area contributed by atoms with Crippen molar-refractivity contribution in [1.29, 1.82) is 0 Å². The molecule has 2 aromatic rings. The Bertz CT molecular complexity index is 524. The van der Waals surface area contributed by atoms with Gasteiger partial charge in [0.25, 0.3) is 0 Å². The molecule has 0 unspecified atom stereocenters. The zero-order valence-electron chi connectivity index (χ0n) is 9.78. The van der Waals surface area contributed by atoms with Gasteiger partial charge in [-0.2, -0.15) is 0 Å². The molecule has 0 aliphatic rings. The Hall–Kier alpha value is -2.17. The first-order valence-corrected chi connectivity index (χ1v) is 5.46. The summed E-state index contributed by atoms with van der Waals surface area (Å²) >= 11 is 0. The molecule has 0 atom stereocenters. The van der Waals surface area contributed by atoms with E-state index in [0.717, 1.165) is 0 Å². The summed E-state index contributed by atoms with van der Waals surface area (Å²) in [7, 11) is 0. The first kappa shape index (κ1) is 13.3. The molecule has 0 heterocycles. The molecule has 0 saturated carbocycles. The highest BCUT2D eigenvalue weighted by Crippen LogP contribution is 2.23. The fourth-order valence-corrected chi connectivity index (χ4v) is 1.47. The van der Waals surface area contributed by atoms with E-state index in [9.17, 15) is 13.2 Å². The Kier molecular flexibility index (Phi) is 3.94. The lowest BCUT2D eigenvalue weighted by Gasteiger charge is -2.10. The summed E-state index contributed by atoms with van der Waals surface area (Å²) in [6.07, 6.45) is -4.69. The highest BCUT2D eigenvalue weighted by Gasteiger charge is 2.31. The fourth-order valence-electron chi connectivity index (χ4n) is 1.47. The molecule has 1 radical (unpaired) electrons. The zero-order chi connectivity index (χ0) is 13.7. The smallest absolute Gasteiger partial charge is 0.489 e. The second-order valence-corrected chi connectivity index (χ2v) is 3.72. The van der Waals surface area contributed by atoms with Crippen LogP contribution in [0.1, 0.15) is 5.56 Å². The molecule has 0 aromatic heterocycles. The molecule has 2 rings (SSSR count). The highest BCUT2D eigenvalue weighted by molar-refractivity contribution is 5.29. The SMILES string of the molecule is FC(F)(F)Oc1cccc(COc2c[c]ccc2)c1. The molecule has 19 heavy (non-hydrogen) atoms. The van der Waals surface area contributed by atoms with Gasteiger partial charge < -0.3 is 9.47 Å². The summed E-state index contributed by atoms with van der Waals surface area (Å²) < 4.78 is 45.4. The highest BCUT2D eigenvalue weighted by atomic mass is 19.4. The summed E-state index contributed by atoms with van der Waals surface area (Å²) in [6.45, 7) is 0.160. The van der Waals surface area contributed by atoms with Crippen LogP contribution in [-0.4, -0.2) is 6.36 Å². The van der Waals surface area contributed by atoms with Gasteiger partial charge in [-0.25, -0.2) is 0 Å². The predicted molar refractivity (Wildman–Crippen MR) is 62.7 cm³/mol. The summed E-state index contributed by atoms with van der Waals surface area (Å²) in [5.41, 5.74) is 0.589. The van der Waals surface area contributed by atoms with Crippen LogP contribution in [0.2, 0.25) is 0 Å². The number of alkyl halides is 3. The van der Waals surface area contributed by atoms with Crippen molar-refractivity contribution in [3.8, 4) is 11.5 Å². The standard InChI is InChI=1S/C14H10F3O2/c15-14(16,17)19-13-8-4-5-11(9-13)10-18-12-6-2-1-3-7-12/h1-2,4-9H,10H2. The monoisotopic (exact) mass is 267 g/mol. The van der Waals surface area contributed by atoms with Crippen LogP contribution in [0.5, 0.6) is 11.5 Å². The summed E-state index contributed by atoms with van der Waals surface area (Å²) in [5, 5.41) is 0. The second-order valence-electron chi connectivity index (χ2n) is 3.72. The van der Waals surface area contributed by atoms with Crippen LogP contribution in [-0.2, 0) is 6.61 Å². The summed E-state index contributed by atoms with van der Waals surface area (Å²) in [6, 6.07) is 15.4. The van der Waals surface area contributed by atoms with Crippen LogP contribution in [0.15, 0.2) is 48.5 Å². The topological polar surface area (TPSA) is 18.5 Å². The lowest BCUT2D eigenvalue weighted by molar-refractivity contribution is -0.274. The first-order valence-electron chi connectivity index (χ1n) is 5.46. The van der Waals surface area contributed by atoms with Crippen molar-refractivity contribution in [3.63, 3.8) is 0 Å². The third-order valence-electron chi connectivity index (χ3n) is 2.22. The quantitative estimate of drug-likeness (QED) is 0.834. The van der Waals surface area contributed by atoms with Crippen molar-refractivity contribution < 1.29 is 22.6 Å². The third-order valence-corrected chi connectivity index (χ3v) is 2.22. The maximum absolute atomic E-state index is 12.1. The maximum atomic E-state index is 12.1. The van der Waals surface area contributed by atoms with E-state index in [0.29, 0.717) is 11.3 Å². The van der Waals surface area contributed by atoms with Gasteiger partial charge in [-0.3, -0.25) is 0 Å². The van der Waals surface area contributed by atoms with Gasteiger partial charge in [0.2, 0.25) is 0 Å². The predicted octanol–water partition coefficient (Wildman–Crippen LogP) is 3.96. The van der Waals surface area contributed by atoms with Crippen molar-refractivity contribution in [2.45, 2.75) is 13.0 Å². The van der Waals surface area contributed by atoms with E-state index >= 15 is 0 Å². The van der Waals surface area contributed by atoms with Crippen LogP contribution in [0.25, 0.3) is 0 Å². The van der Waals surface area contributed by atoms with E-state index < -0.39 is 6.36 Å². The van der Waals surface area contributed by atoms with Crippen LogP contribution in [0.4, 0.5) is 13.2 Å². The Morgan fingerprint density at radius 2 is 1.84 bits per heavy atom. The molecule has 0 saturated heterocycles. The molecule has 0 fully saturated rings. The molecular weight excluding hydrogens is 257 g/mol. The van der Waals surface area contributed by atoms with Crippen LogP contribution in [0.3, 0.4) is 0 Å². The first-order chi connectivity index (χ1) is 9.03. The molecule has 0 N–H and O–H groups in total. The number of rotatable bonds is 4. The van der Waals surface area contributed by atoms with Gasteiger partial charge in [-0.1, -0.05) is 24.3 Å². The van der Waals surface area contributed by atoms with E-state index in [4.69, 9.17) is 4.74 Å². The minimum Gasteiger partial charge on any atom is -0.489 e. The van der Waals surface area contributed by atoms with Gasteiger partial charge >= 0.3 is 6.36 Å². The lowest BCUT2D eigenvalue weighted by atomic mass is 10.2. The van der Waals surface area contributed by atoms with Crippen LogP contribution in [0, 0.1) is 6.07 Å². The van der Waals surface area contributed by atoms with Gasteiger partial charge in [0.15, 0.2) is 0 Å². The second kappa shape index (κ2) is 5.65. The lowest BCUT2D eigenvalue weighted by Crippen LogP contribution is -2.17. The Morgan fingerprint density at radius 3 is 2.53 bits per heavy atom. The van der Waals surface area contributed by atoms with E-state index in [1.807, 2.05) is 0 Å². The molecule has 5 heteroatoms. The Morgan fingerprint density at radius 1 is 1.05 bits per heavy atom. The normalized spacial score (nSPS) is 11.1. The van der Waals surface area contributed by atoms with Gasteiger partial charge in [0.05, 0.1) is 0 Å². The van der Waals surface area contributed by atoms with Crippen LogP contribution >= 0.6 is 0 Å². The van der Waals surface area contributed by atoms with Crippen molar-refractivity contribution in [1.82, 2.24) is 0 Å². The van der Waals surface area contributed by atoms with Crippen molar-refractivity contribution in [2.75, 3.05) is 0 Å². The third kappa shape index (κ3) is 4.54. The minimum absolute atomic E-state index is 0.160. The fraction of sp³-hybridized carbons (Fsp3) is 0.143. The van der Waals surface area contributed by atoms with Gasteiger partial charge in [-0.15, -0.1) is 13.2 Å². The number of hydrogen-bond donors (Lipinski definition) is 0. The van der Waals surface area contributed by atoms with Crippen molar-refractivity contribution >= 4 is 0 Å². The molecule has 0 aliphatic carbocycles. The molecule has 0 spiro atoms. The molecule has 2 nitrogen and oxygen atoms in total. The molecule has 0 amide bonds. The van der Waals surface area contributed by atoms with Crippen molar-refractivity contribution in [3.05, 3.63) is 60.2 Å². The molecule has 2 aromatic carbocycles. The summed E-state index contributed by atoms with van der Waals surface area (Å²) in [4.78, 5) is 0. The van der Waals surface area contributed by atoms with Gasteiger partial charge in [0.1, 0.15) is 18.1 Å². The Balaban J connectivity index is 1.99. The minimum atomic E-state index is -4.69. The van der Waals surface area contributed by atoms with Crippen LogP contribution < -0.4 is 9.47 Å². The molecular formula is C14H10F3O2. The average Bonchev–Trinajstić information content (AvgIpc) is 2.36. The van der Waals surface area contributed by atoms with E-state index in [-0.39, 0.29) is 12.4 Å². The maximum Gasteiger partial charge on any atom is 0.573 e. The van der Waals surface area contributed by atoms with Crippen molar-refractivity contribution in [2.24, 2.45) is 0 Å². The number of ether oxygens (including phenoxy) is 2. The Labute approximate surface area is 108 Å². The number of halogens is 3. The van der Waals surface area contributed by atoms with E-state index in [1.54, 1.807) is 30.3 Å². The molecule has 0 bridgehead atoms. The number of hydrogen-bond acceptors (Lipinski definition) is 2. The largest absolute Gasteiger partial charge is 0.573 e. The molecule has 99 valence electrons.